The van der Waals surface area contributed by atoms with Crippen LogP contribution in [0.2, 0.25) is 0 Å². The van der Waals surface area contributed by atoms with Gasteiger partial charge in [0.15, 0.2) is 0 Å². The number of para-hydroxylation sites is 8. The van der Waals surface area contributed by atoms with Crippen molar-refractivity contribution in [3.63, 3.8) is 0 Å². The van der Waals surface area contributed by atoms with Crippen LogP contribution < -0.4 is 0 Å². The monoisotopic (exact) mass is 1520 g/mol. The third-order valence-corrected chi connectivity index (χ3v) is 25.1. The summed E-state index contributed by atoms with van der Waals surface area (Å²) >= 11 is 0. The highest BCUT2D eigenvalue weighted by atomic mass is 15.2. The summed E-state index contributed by atoms with van der Waals surface area (Å²) in [5, 5.41) is 16.8. The minimum absolute atomic E-state index is 0.232. The van der Waals surface area contributed by atoms with Crippen molar-refractivity contribution in [2.45, 2.75) is 19.3 Å². The molecule has 0 saturated heterocycles. The van der Waals surface area contributed by atoms with E-state index < -0.39 is 0 Å². The van der Waals surface area contributed by atoms with Gasteiger partial charge in [-0.1, -0.05) is 305 Å². The molecule has 0 spiro atoms. The second-order valence-electron chi connectivity index (χ2n) is 32.0. The molecule has 18 aromatic carbocycles. The van der Waals surface area contributed by atoms with Crippen molar-refractivity contribution in [2.75, 3.05) is 0 Å². The standard InChI is InChI=1S/C57H38N4.C54H34N4/c1-57(2)47-33-37(36-27-30-52-46(32-36)43-18-9-12-22-50(43)60(52)39-15-4-3-5-16-39)24-28-41(47)42-29-25-38(34-48(42)57)55-44-19-8-11-21-49(44)58-56(59-55)61-51-23-13-10-20-45(51)54-40-17-7-6-14-35(40)26-31-53(54)61;1-2-13-41(14-3-1)57-48-20-10-7-16-43(48)46-34-40(31-32-50(46)57)37-24-22-35(23-25-37)36-26-28-39(29-27-36)53-44-17-6-9-19-47(44)55-54(56-53)58-49-21-11-8-18-45(49)52-42-15-5-4-12-38(42)30-33-51(52)58/h3-34H,1-2H3;1-34H. The smallest absolute Gasteiger partial charge is 0.235 e. The van der Waals surface area contributed by atoms with Crippen LogP contribution in [0.5, 0.6) is 0 Å². The van der Waals surface area contributed by atoms with Gasteiger partial charge >= 0.3 is 0 Å². The number of rotatable bonds is 9. The molecule has 0 amide bonds. The maximum Gasteiger partial charge on any atom is 0.235 e. The Balaban J connectivity index is 0.000000136. The second kappa shape index (κ2) is 26.7. The lowest BCUT2D eigenvalue weighted by Gasteiger charge is -2.23. The third kappa shape index (κ3) is 10.7. The molecule has 25 rings (SSSR count). The summed E-state index contributed by atoms with van der Waals surface area (Å²) < 4.78 is 9.21. The van der Waals surface area contributed by atoms with Gasteiger partial charge < -0.3 is 9.13 Å². The van der Waals surface area contributed by atoms with Crippen LogP contribution in [0.4, 0.5) is 0 Å². The molecule has 1 aliphatic carbocycles. The van der Waals surface area contributed by atoms with E-state index in [1.165, 1.54) is 148 Å². The summed E-state index contributed by atoms with van der Waals surface area (Å²) in [7, 11) is 0. The van der Waals surface area contributed by atoms with Crippen molar-refractivity contribution < 1.29 is 0 Å². The maximum atomic E-state index is 5.49. The topological polar surface area (TPSA) is 71.3 Å². The molecule has 1 aliphatic rings. The molecule has 6 heterocycles. The Hall–Kier alpha value is -15.6. The molecule has 119 heavy (non-hydrogen) atoms. The highest BCUT2D eigenvalue weighted by Gasteiger charge is 2.37. The average Bonchev–Trinajstić information content (AvgIpc) is 1.61. The molecule has 0 fully saturated rings. The normalized spacial score (nSPS) is 12.5. The molecular formula is C111H72N8. The first kappa shape index (κ1) is 67.8. The van der Waals surface area contributed by atoms with Crippen LogP contribution in [0.3, 0.4) is 0 Å². The van der Waals surface area contributed by atoms with Gasteiger partial charge in [-0.2, -0.15) is 0 Å². The van der Waals surface area contributed by atoms with Gasteiger partial charge in [-0.25, -0.2) is 19.9 Å². The fourth-order valence-electron chi connectivity index (χ4n) is 19.4. The molecule has 0 aliphatic heterocycles. The predicted molar refractivity (Wildman–Crippen MR) is 496 cm³/mol. The summed E-state index contributed by atoms with van der Waals surface area (Å²) in [5.41, 5.74) is 29.6. The van der Waals surface area contributed by atoms with Crippen LogP contribution in [-0.4, -0.2) is 38.2 Å². The quantitative estimate of drug-likeness (QED) is 0.144. The predicted octanol–water partition coefficient (Wildman–Crippen LogP) is 28.6. The minimum atomic E-state index is -0.232. The van der Waals surface area contributed by atoms with Gasteiger partial charge in [0.1, 0.15) is 0 Å². The van der Waals surface area contributed by atoms with Crippen LogP contribution in [0, 0.1) is 0 Å². The van der Waals surface area contributed by atoms with Gasteiger partial charge in [0.2, 0.25) is 11.9 Å². The molecule has 8 nitrogen and oxygen atoms in total. The van der Waals surface area contributed by atoms with Crippen molar-refractivity contribution >= 4 is 131 Å². The SMILES string of the molecule is CC1(C)c2cc(-c3ccc4c(c3)c3ccccc3n4-c3ccccc3)ccc2-c2ccc(-c3nc(-n4c5ccccc5c5c6ccccc6ccc54)nc4ccccc34)cc21.c1ccc(-n2c3ccccc3c3cc(-c4ccc(-c5ccc(-c6nc(-n7c8ccccc8c8c9ccccc9ccc87)nc7ccccc67)cc5)cc4)ccc32)cc1. The van der Waals surface area contributed by atoms with Crippen molar-refractivity contribution in [1.82, 2.24) is 38.2 Å². The summed E-state index contributed by atoms with van der Waals surface area (Å²) in [4.78, 5) is 21.3. The second-order valence-corrected chi connectivity index (χ2v) is 32.0. The largest absolute Gasteiger partial charge is 0.309 e. The highest BCUT2D eigenvalue weighted by molar-refractivity contribution is 6.23. The van der Waals surface area contributed by atoms with E-state index in [1.807, 2.05) is 0 Å². The molecule has 8 heteroatoms. The van der Waals surface area contributed by atoms with Crippen LogP contribution in [0.1, 0.15) is 25.0 Å². The van der Waals surface area contributed by atoms with Crippen LogP contribution in [0.15, 0.2) is 400 Å². The lowest BCUT2D eigenvalue weighted by Crippen LogP contribution is -2.15. The first-order valence-electron chi connectivity index (χ1n) is 40.8. The van der Waals surface area contributed by atoms with Gasteiger partial charge in [0.05, 0.1) is 66.6 Å². The Morgan fingerprint density at radius 2 is 0.513 bits per heavy atom. The number of fused-ring (bicyclic) bond motifs is 21. The fraction of sp³-hybridized carbons (Fsp3) is 0.0270. The minimum Gasteiger partial charge on any atom is -0.309 e. The lowest BCUT2D eigenvalue weighted by atomic mass is 9.81. The van der Waals surface area contributed by atoms with Crippen molar-refractivity contribution in [2.24, 2.45) is 0 Å². The average molecular weight is 1520 g/mol. The summed E-state index contributed by atoms with van der Waals surface area (Å²) in [6.45, 7) is 4.74. The molecule has 0 unspecified atom stereocenters. The highest BCUT2D eigenvalue weighted by Crippen LogP contribution is 2.52. The first-order valence-corrected chi connectivity index (χ1v) is 40.8. The van der Waals surface area contributed by atoms with E-state index in [0.29, 0.717) is 11.9 Å². The molecule has 0 N–H and O–H groups in total. The summed E-state index contributed by atoms with van der Waals surface area (Å²) in [6, 6.07) is 144. The maximum absolute atomic E-state index is 5.49. The molecule has 0 radical (unpaired) electrons. The van der Waals surface area contributed by atoms with Gasteiger partial charge in [0.25, 0.3) is 0 Å². The number of nitrogens with zero attached hydrogens (tertiary/aromatic N) is 8. The zero-order valence-electron chi connectivity index (χ0n) is 65.2. The van der Waals surface area contributed by atoms with Crippen molar-refractivity contribution in [3.05, 3.63) is 412 Å². The van der Waals surface area contributed by atoms with Gasteiger partial charge in [-0.15, -0.1) is 0 Å². The van der Waals surface area contributed by atoms with Gasteiger partial charge in [0, 0.05) is 81.8 Å². The van der Waals surface area contributed by atoms with Crippen LogP contribution in [0.25, 0.3) is 221 Å². The van der Waals surface area contributed by atoms with E-state index in [1.54, 1.807) is 0 Å². The van der Waals surface area contributed by atoms with Crippen molar-refractivity contribution in [3.8, 4) is 90.3 Å². The molecule has 0 bridgehead atoms. The van der Waals surface area contributed by atoms with Crippen LogP contribution >= 0.6 is 0 Å². The van der Waals surface area contributed by atoms with E-state index in [9.17, 15) is 0 Å². The lowest BCUT2D eigenvalue weighted by molar-refractivity contribution is 0.661. The van der Waals surface area contributed by atoms with Crippen molar-refractivity contribution in [1.29, 1.82) is 0 Å². The molecule has 0 atom stereocenters. The van der Waals surface area contributed by atoms with Gasteiger partial charge in [-0.3, -0.25) is 9.13 Å². The molecule has 6 aromatic heterocycles. The fourth-order valence-corrected chi connectivity index (χ4v) is 19.4. The Labute approximate surface area is 685 Å². The Bertz CT molecular complexity index is 8310. The zero-order valence-corrected chi connectivity index (χ0v) is 65.2. The summed E-state index contributed by atoms with van der Waals surface area (Å²) in [6.07, 6.45) is 0. The Morgan fingerprint density at radius 1 is 0.202 bits per heavy atom. The van der Waals surface area contributed by atoms with E-state index in [2.05, 4.69) is 432 Å². The Kier molecular flexibility index (Phi) is 15.2. The van der Waals surface area contributed by atoms with E-state index in [-0.39, 0.29) is 5.41 Å². The number of aromatic nitrogens is 8. The summed E-state index contributed by atoms with van der Waals surface area (Å²) in [5.74, 6) is 1.34. The number of hydrogen-bond acceptors (Lipinski definition) is 4. The molecule has 0 saturated carbocycles. The molecular weight excluding hydrogens is 1450 g/mol. The van der Waals surface area contributed by atoms with E-state index in [0.717, 1.165) is 72.0 Å². The third-order valence-electron chi connectivity index (χ3n) is 25.1. The first-order chi connectivity index (χ1) is 58.8. The van der Waals surface area contributed by atoms with Crippen LogP contribution in [-0.2, 0) is 5.41 Å². The zero-order chi connectivity index (χ0) is 78.6. The van der Waals surface area contributed by atoms with Gasteiger partial charge in [-0.05, 0) is 186 Å². The molecule has 556 valence electrons. The Morgan fingerprint density at radius 3 is 0.983 bits per heavy atom. The molecule has 24 aromatic rings. The van der Waals surface area contributed by atoms with E-state index in [4.69, 9.17) is 19.9 Å². The number of hydrogen-bond donors (Lipinski definition) is 0. The van der Waals surface area contributed by atoms with E-state index >= 15 is 0 Å². The number of benzene rings is 18.